The zero-order chi connectivity index (χ0) is 12.3. The molecule has 0 spiro atoms. The van der Waals surface area contributed by atoms with E-state index in [4.69, 9.17) is 0 Å². The van der Waals surface area contributed by atoms with E-state index < -0.39 is 0 Å². The van der Waals surface area contributed by atoms with Crippen molar-refractivity contribution in [3.63, 3.8) is 0 Å². The van der Waals surface area contributed by atoms with E-state index in [-0.39, 0.29) is 11.3 Å². The minimum Gasteiger partial charge on any atom is -0.341 e. The number of carbonyl (C=O) groups is 1. The average Bonchev–Trinajstić information content (AvgIpc) is 2.18. The second-order valence-electron chi connectivity index (χ2n) is 6.03. The van der Waals surface area contributed by atoms with Crippen molar-refractivity contribution >= 4 is 5.91 Å². The molecular weight excluding hydrogens is 200 g/mol. The largest absolute Gasteiger partial charge is 0.341 e. The molecule has 3 nitrogen and oxygen atoms in total. The summed E-state index contributed by atoms with van der Waals surface area (Å²) in [4.78, 5) is 14.0. The molecule has 1 aliphatic heterocycles. The predicted molar refractivity (Wildman–Crippen MR) is 67.3 cm³/mol. The Kier molecular flexibility index (Phi) is 4.36. The number of rotatable bonds is 3. The fourth-order valence-corrected chi connectivity index (χ4v) is 2.33. The highest BCUT2D eigenvalue weighted by Gasteiger charge is 2.30. The van der Waals surface area contributed by atoms with Gasteiger partial charge in [-0.15, -0.1) is 0 Å². The highest BCUT2D eigenvalue weighted by Crippen LogP contribution is 2.23. The Hall–Kier alpha value is -0.570. The van der Waals surface area contributed by atoms with Crippen LogP contribution in [0, 0.1) is 11.3 Å². The van der Waals surface area contributed by atoms with Crippen LogP contribution in [0.5, 0.6) is 0 Å². The SMILES string of the molecule is CNC(CN1CCCC(C)C1=O)C(C)(C)C. The van der Waals surface area contributed by atoms with E-state index in [0.717, 1.165) is 25.9 Å². The van der Waals surface area contributed by atoms with Crippen LogP contribution in [0.3, 0.4) is 0 Å². The minimum atomic E-state index is 0.190. The van der Waals surface area contributed by atoms with Crippen LogP contribution in [0.25, 0.3) is 0 Å². The van der Waals surface area contributed by atoms with Gasteiger partial charge in [0.2, 0.25) is 5.91 Å². The smallest absolute Gasteiger partial charge is 0.225 e. The lowest BCUT2D eigenvalue weighted by Crippen LogP contribution is -2.51. The molecule has 0 aromatic heterocycles. The summed E-state index contributed by atoms with van der Waals surface area (Å²) < 4.78 is 0. The maximum Gasteiger partial charge on any atom is 0.225 e. The van der Waals surface area contributed by atoms with Crippen LogP contribution in [0.2, 0.25) is 0 Å². The first-order valence-electron chi connectivity index (χ1n) is 6.32. The van der Waals surface area contributed by atoms with Gasteiger partial charge in [-0.3, -0.25) is 4.79 Å². The molecule has 1 rings (SSSR count). The Labute approximate surface area is 99.6 Å². The van der Waals surface area contributed by atoms with Crippen LogP contribution in [0.1, 0.15) is 40.5 Å². The molecule has 1 heterocycles. The van der Waals surface area contributed by atoms with Crippen LogP contribution in [-0.4, -0.2) is 37.0 Å². The van der Waals surface area contributed by atoms with Crippen molar-refractivity contribution in [1.82, 2.24) is 10.2 Å². The summed E-state index contributed by atoms with van der Waals surface area (Å²) >= 11 is 0. The van der Waals surface area contributed by atoms with Crippen molar-refractivity contribution in [1.29, 1.82) is 0 Å². The van der Waals surface area contributed by atoms with Gasteiger partial charge < -0.3 is 10.2 Å². The number of likely N-dealkylation sites (tertiary alicyclic amines) is 1. The number of amides is 1. The van der Waals surface area contributed by atoms with Gasteiger partial charge in [-0.05, 0) is 25.3 Å². The lowest BCUT2D eigenvalue weighted by atomic mass is 9.86. The van der Waals surface area contributed by atoms with Gasteiger partial charge in [0.25, 0.3) is 0 Å². The number of carbonyl (C=O) groups excluding carboxylic acids is 1. The summed E-state index contributed by atoms with van der Waals surface area (Å²) in [5.74, 6) is 0.543. The standard InChI is InChI=1S/C13H26N2O/c1-10-7-6-8-15(12(10)16)9-11(14-5)13(2,3)4/h10-11,14H,6-9H2,1-5H3. The van der Waals surface area contributed by atoms with E-state index >= 15 is 0 Å². The molecule has 3 heteroatoms. The molecule has 16 heavy (non-hydrogen) atoms. The lowest BCUT2D eigenvalue weighted by Gasteiger charge is -2.38. The second-order valence-corrected chi connectivity index (χ2v) is 6.03. The molecule has 1 fully saturated rings. The molecule has 94 valence electrons. The molecule has 1 aliphatic rings. The number of nitrogens with one attached hydrogen (secondary N) is 1. The molecule has 2 unspecified atom stereocenters. The maximum atomic E-state index is 12.0. The molecule has 0 aliphatic carbocycles. The van der Waals surface area contributed by atoms with Gasteiger partial charge in [0.1, 0.15) is 0 Å². The normalized spacial score (nSPS) is 24.7. The summed E-state index contributed by atoms with van der Waals surface area (Å²) in [7, 11) is 1.98. The van der Waals surface area contributed by atoms with Crippen molar-refractivity contribution in [3.8, 4) is 0 Å². The zero-order valence-corrected chi connectivity index (χ0v) is 11.3. The molecule has 0 radical (unpaired) electrons. The maximum absolute atomic E-state index is 12.0. The van der Waals surface area contributed by atoms with E-state index in [1.54, 1.807) is 0 Å². The van der Waals surface area contributed by atoms with Gasteiger partial charge in [0.15, 0.2) is 0 Å². The van der Waals surface area contributed by atoms with Gasteiger partial charge in [-0.2, -0.15) is 0 Å². The Bertz CT molecular complexity index is 245. The summed E-state index contributed by atoms with van der Waals surface area (Å²) in [5.41, 5.74) is 0.190. The van der Waals surface area contributed by atoms with Crippen LogP contribution < -0.4 is 5.32 Å². The third-order valence-corrected chi connectivity index (χ3v) is 3.60. The van der Waals surface area contributed by atoms with Gasteiger partial charge >= 0.3 is 0 Å². The minimum absolute atomic E-state index is 0.190. The second kappa shape index (κ2) is 5.17. The summed E-state index contributed by atoms with van der Waals surface area (Å²) in [6.45, 7) is 10.4. The first-order valence-corrected chi connectivity index (χ1v) is 6.32. The molecule has 0 bridgehead atoms. The van der Waals surface area contributed by atoms with E-state index in [1.165, 1.54) is 0 Å². The highest BCUT2D eigenvalue weighted by atomic mass is 16.2. The average molecular weight is 226 g/mol. The summed E-state index contributed by atoms with van der Waals surface area (Å²) in [6, 6.07) is 0.363. The molecule has 1 saturated heterocycles. The van der Waals surface area contributed by atoms with Crippen molar-refractivity contribution in [2.24, 2.45) is 11.3 Å². The van der Waals surface area contributed by atoms with Gasteiger partial charge in [0, 0.05) is 25.0 Å². The van der Waals surface area contributed by atoms with Crippen molar-refractivity contribution < 1.29 is 4.79 Å². The van der Waals surface area contributed by atoms with E-state index in [1.807, 2.05) is 18.9 Å². The van der Waals surface area contributed by atoms with Crippen molar-refractivity contribution in [3.05, 3.63) is 0 Å². The Morgan fingerprint density at radius 3 is 2.62 bits per heavy atom. The third kappa shape index (κ3) is 3.21. The fourth-order valence-electron chi connectivity index (χ4n) is 2.33. The zero-order valence-electron chi connectivity index (χ0n) is 11.3. The van der Waals surface area contributed by atoms with Gasteiger partial charge in [-0.1, -0.05) is 27.7 Å². The topological polar surface area (TPSA) is 32.3 Å². The molecule has 0 aromatic rings. The van der Waals surface area contributed by atoms with Crippen LogP contribution >= 0.6 is 0 Å². The molecule has 2 atom stereocenters. The number of likely N-dealkylation sites (N-methyl/N-ethyl adjacent to an activating group) is 1. The quantitative estimate of drug-likeness (QED) is 0.797. The summed E-state index contributed by atoms with van der Waals surface area (Å²) in [5, 5.41) is 3.33. The number of hydrogen-bond acceptors (Lipinski definition) is 2. The lowest BCUT2D eigenvalue weighted by molar-refractivity contribution is -0.138. The van der Waals surface area contributed by atoms with Crippen LogP contribution in [0.4, 0.5) is 0 Å². The van der Waals surface area contributed by atoms with Gasteiger partial charge in [0.05, 0.1) is 0 Å². The van der Waals surface area contributed by atoms with Crippen LogP contribution in [-0.2, 0) is 4.79 Å². The van der Waals surface area contributed by atoms with Crippen LogP contribution in [0.15, 0.2) is 0 Å². The number of nitrogens with zero attached hydrogens (tertiary/aromatic N) is 1. The number of hydrogen-bond donors (Lipinski definition) is 1. The van der Waals surface area contributed by atoms with Crippen molar-refractivity contribution in [2.45, 2.75) is 46.6 Å². The highest BCUT2D eigenvalue weighted by molar-refractivity contribution is 5.79. The Morgan fingerprint density at radius 1 is 1.50 bits per heavy atom. The molecule has 0 saturated carbocycles. The first kappa shape index (κ1) is 13.5. The van der Waals surface area contributed by atoms with E-state index in [9.17, 15) is 4.79 Å². The molecule has 1 amide bonds. The van der Waals surface area contributed by atoms with Gasteiger partial charge in [-0.25, -0.2) is 0 Å². The van der Waals surface area contributed by atoms with E-state index in [2.05, 4.69) is 26.1 Å². The molecule has 1 N–H and O–H groups in total. The monoisotopic (exact) mass is 226 g/mol. The Balaban J connectivity index is 2.61. The third-order valence-electron chi connectivity index (χ3n) is 3.60. The Morgan fingerprint density at radius 2 is 2.12 bits per heavy atom. The summed E-state index contributed by atoms with van der Waals surface area (Å²) in [6.07, 6.45) is 2.20. The van der Waals surface area contributed by atoms with Crippen molar-refractivity contribution in [2.75, 3.05) is 20.1 Å². The predicted octanol–water partition coefficient (Wildman–Crippen LogP) is 1.88. The number of piperidine rings is 1. The first-order chi connectivity index (χ1) is 7.36. The van der Waals surface area contributed by atoms with E-state index in [0.29, 0.717) is 11.9 Å². The fraction of sp³-hybridized carbons (Fsp3) is 0.923. The molecular formula is C13H26N2O. The molecule has 0 aromatic carbocycles.